The van der Waals surface area contributed by atoms with Gasteiger partial charge in [0, 0.05) is 23.9 Å². The van der Waals surface area contributed by atoms with Gasteiger partial charge in [-0.25, -0.2) is 13.8 Å². The molecule has 0 aliphatic heterocycles. The van der Waals surface area contributed by atoms with Crippen molar-refractivity contribution < 1.29 is 8.78 Å². The SMILES string of the molecule is NC(=S)c1ccc(NCc2cc(F)ccc2F)nc1. The molecule has 19 heavy (non-hydrogen) atoms. The maximum Gasteiger partial charge on any atom is 0.128 e. The van der Waals surface area contributed by atoms with Gasteiger partial charge in [0.2, 0.25) is 0 Å². The van der Waals surface area contributed by atoms with E-state index in [1.54, 1.807) is 12.1 Å². The summed E-state index contributed by atoms with van der Waals surface area (Å²) in [5, 5.41) is 2.89. The molecule has 0 bridgehead atoms. The first-order valence-corrected chi connectivity index (χ1v) is 5.91. The highest BCUT2D eigenvalue weighted by Gasteiger charge is 2.04. The molecule has 1 heterocycles. The van der Waals surface area contributed by atoms with Crippen LogP contribution in [0, 0.1) is 11.6 Å². The van der Waals surface area contributed by atoms with Gasteiger partial charge in [0.15, 0.2) is 0 Å². The molecule has 0 radical (unpaired) electrons. The molecule has 2 rings (SSSR count). The van der Waals surface area contributed by atoms with E-state index in [1.165, 1.54) is 6.20 Å². The molecule has 3 nitrogen and oxygen atoms in total. The van der Waals surface area contributed by atoms with E-state index in [-0.39, 0.29) is 17.1 Å². The van der Waals surface area contributed by atoms with Gasteiger partial charge in [-0.15, -0.1) is 0 Å². The molecule has 0 aliphatic carbocycles. The van der Waals surface area contributed by atoms with Crippen LogP contribution in [-0.4, -0.2) is 9.97 Å². The van der Waals surface area contributed by atoms with Crippen LogP contribution in [0.2, 0.25) is 0 Å². The smallest absolute Gasteiger partial charge is 0.128 e. The maximum atomic E-state index is 13.4. The molecule has 0 saturated carbocycles. The zero-order valence-electron chi connectivity index (χ0n) is 9.86. The zero-order chi connectivity index (χ0) is 13.8. The van der Waals surface area contributed by atoms with Crippen LogP contribution in [0.4, 0.5) is 14.6 Å². The molecule has 0 unspecified atom stereocenters. The normalized spacial score (nSPS) is 10.2. The fraction of sp³-hybridized carbons (Fsp3) is 0.0769. The summed E-state index contributed by atoms with van der Waals surface area (Å²) in [6.07, 6.45) is 1.52. The van der Waals surface area contributed by atoms with Crippen molar-refractivity contribution in [1.82, 2.24) is 4.98 Å². The Morgan fingerprint density at radius 1 is 1.26 bits per heavy atom. The number of pyridine rings is 1. The lowest BCUT2D eigenvalue weighted by Crippen LogP contribution is -2.10. The van der Waals surface area contributed by atoms with Crippen LogP contribution in [-0.2, 0) is 6.54 Å². The summed E-state index contributed by atoms with van der Waals surface area (Å²) in [6, 6.07) is 6.70. The quantitative estimate of drug-likeness (QED) is 0.845. The lowest BCUT2D eigenvalue weighted by molar-refractivity contribution is 0.587. The topological polar surface area (TPSA) is 50.9 Å². The van der Waals surface area contributed by atoms with Crippen molar-refractivity contribution >= 4 is 23.0 Å². The third-order valence-corrected chi connectivity index (χ3v) is 2.75. The minimum Gasteiger partial charge on any atom is -0.389 e. The first-order valence-electron chi connectivity index (χ1n) is 5.50. The highest BCUT2D eigenvalue weighted by Crippen LogP contribution is 2.12. The van der Waals surface area contributed by atoms with Crippen LogP contribution >= 0.6 is 12.2 Å². The Balaban J connectivity index is 2.06. The minimum absolute atomic E-state index is 0.142. The Morgan fingerprint density at radius 3 is 2.68 bits per heavy atom. The molecular formula is C13H11F2N3S. The van der Waals surface area contributed by atoms with Crippen molar-refractivity contribution in [2.75, 3.05) is 5.32 Å². The third kappa shape index (κ3) is 3.45. The number of rotatable bonds is 4. The Kier molecular flexibility index (Phi) is 4.01. The summed E-state index contributed by atoms with van der Waals surface area (Å²) < 4.78 is 26.4. The molecule has 2 aromatic rings. The number of thiocarbonyl (C=S) groups is 1. The van der Waals surface area contributed by atoms with E-state index in [4.69, 9.17) is 18.0 Å². The fourth-order valence-electron chi connectivity index (χ4n) is 1.51. The van der Waals surface area contributed by atoms with Gasteiger partial charge in [-0.1, -0.05) is 12.2 Å². The second-order valence-electron chi connectivity index (χ2n) is 3.89. The van der Waals surface area contributed by atoms with E-state index in [0.29, 0.717) is 11.4 Å². The van der Waals surface area contributed by atoms with Gasteiger partial charge in [0.05, 0.1) is 0 Å². The summed E-state index contributed by atoms with van der Waals surface area (Å²) >= 11 is 4.80. The van der Waals surface area contributed by atoms with Gasteiger partial charge in [0.25, 0.3) is 0 Å². The molecule has 0 aliphatic rings. The first kappa shape index (κ1) is 13.4. The number of hydrogen-bond donors (Lipinski definition) is 2. The van der Waals surface area contributed by atoms with Gasteiger partial charge in [-0.05, 0) is 30.3 Å². The number of anilines is 1. The predicted molar refractivity (Wildman–Crippen MR) is 73.8 cm³/mol. The van der Waals surface area contributed by atoms with Gasteiger partial charge < -0.3 is 11.1 Å². The first-order chi connectivity index (χ1) is 9.06. The van der Waals surface area contributed by atoms with Crippen molar-refractivity contribution in [2.24, 2.45) is 5.73 Å². The number of benzene rings is 1. The molecule has 1 aromatic heterocycles. The lowest BCUT2D eigenvalue weighted by atomic mass is 10.2. The number of aromatic nitrogens is 1. The molecular weight excluding hydrogens is 268 g/mol. The summed E-state index contributed by atoms with van der Waals surface area (Å²) in [5.41, 5.74) is 6.33. The number of nitrogens with zero attached hydrogens (tertiary/aromatic N) is 1. The standard InChI is InChI=1S/C13H11F2N3S/c14-10-2-3-11(15)9(5-10)7-18-12-4-1-8(6-17-12)13(16)19/h1-6H,7H2,(H2,16,19)(H,17,18). The summed E-state index contributed by atoms with van der Waals surface area (Å²) in [5.74, 6) is -0.410. The molecule has 0 spiro atoms. The van der Waals surface area contributed by atoms with Crippen LogP contribution in [0.1, 0.15) is 11.1 Å². The second kappa shape index (κ2) is 5.71. The number of hydrogen-bond acceptors (Lipinski definition) is 3. The number of nitrogens with two attached hydrogens (primary N) is 1. The van der Waals surface area contributed by atoms with Gasteiger partial charge in [-0.2, -0.15) is 0 Å². The molecule has 0 amide bonds. The Labute approximate surface area is 114 Å². The van der Waals surface area contributed by atoms with Crippen molar-refractivity contribution in [3.63, 3.8) is 0 Å². The lowest BCUT2D eigenvalue weighted by Gasteiger charge is -2.07. The highest BCUT2D eigenvalue weighted by molar-refractivity contribution is 7.80. The third-order valence-electron chi connectivity index (χ3n) is 2.52. The van der Waals surface area contributed by atoms with Crippen LogP contribution in [0.3, 0.4) is 0 Å². The summed E-state index contributed by atoms with van der Waals surface area (Å²) in [4.78, 5) is 4.33. The van der Waals surface area contributed by atoms with E-state index in [9.17, 15) is 8.78 Å². The second-order valence-corrected chi connectivity index (χ2v) is 4.33. The van der Waals surface area contributed by atoms with Gasteiger partial charge in [0.1, 0.15) is 22.4 Å². The van der Waals surface area contributed by atoms with Crippen LogP contribution in [0.25, 0.3) is 0 Å². The van der Waals surface area contributed by atoms with Crippen molar-refractivity contribution in [3.8, 4) is 0 Å². The molecule has 0 fully saturated rings. The largest absolute Gasteiger partial charge is 0.389 e. The van der Waals surface area contributed by atoms with Gasteiger partial charge >= 0.3 is 0 Å². The average Bonchev–Trinajstić information content (AvgIpc) is 2.40. The minimum atomic E-state index is -0.477. The number of nitrogens with one attached hydrogen (secondary N) is 1. The molecule has 6 heteroatoms. The maximum absolute atomic E-state index is 13.4. The monoisotopic (exact) mass is 279 g/mol. The van der Waals surface area contributed by atoms with E-state index in [2.05, 4.69) is 10.3 Å². The molecule has 0 atom stereocenters. The van der Waals surface area contributed by atoms with Crippen molar-refractivity contribution in [1.29, 1.82) is 0 Å². The van der Waals surface area contributed by atoms with E-state index >= 15 is 0 Å². The van der Waals surface area contributed by atoms with E-state index in [0.717, 1.165) is 18.2 Å². The predicted octanol–water partition coefficient (Wildman–Crippen LogP) is 2.61. The summed E-state index contributed by atoms with van der Waals surface area (Å²) in [7, 11) is 0. The molecule has 98 valence electrons. The fourth-order valence-corrected chi connectivity index (χ4v) is 1.63. The van der Waals surface area contributed by atoms with Crippen molar-refractivity contribution in [2.45, 2.75) is 6.54 Å². The van der Waals surface area contributed by atoms with E-state index < -0.39 is 11.6 Å². The zero-order valence-corrected chi connectivity index (χ0v) is 10.7. The Hall–Kier alpha value is -2.08. The average molecular weight is 279 g/mol. The molecule has 1 aromatic carbocycles. The van der Waals surface area contributed by atoms with E-state index in [1.807, 2.05) is 0 Å². The molecule has 0 saturated heterocycles. The number of halogens is 2. The Bertz CT molecular complexity index is 599. The van der Waals surface area contributed by atoms with Crippen molar-refractivity contribution in [3.05, 3.63) is 59.3 Å². The Morgan fingerprint density at radius 2 is 2.05 bits per heavy atom. The van der Waals surface area contributed by atoms with Gasteiger partial charge in [-0.3, -0.25) is 0 Å². The summed E-state index contributed by atoms with van der Waals surface area (Å²) in [6.45, 7) is 0.142. The highest BCUT2D eigenvalue weighted by atomic mass is 32.1. The van der Waals surface area contributed by atoms with Crippen LogP contribution in [0.5, 0.6) is 0 Å². The van der Waals surface area contributed by atoms with Crippen LogP contribution < -0.4 is 11.1 Å². The molecule has 3 N–H and O–H groups in total. The van der Waals surface area contributed by atoms with Crippen LogP contribution in [0.15, 0.2) is 36.5 Å².